The minimum atomic E-state index is 0.734. The van der Waals surface area contributed by atoms with Crippen LogP contribution < -0.4 is 5.73 Å². The Balaban J connectivity index is 2.29. The number of fused-ring (bicyclic) bond motifs is 2. The van der Waals surface area contributed by atoms with Gasteiger partial charge in [0.15, 0.2) is 0 Å². The molecule has 0 spiro atoms. The highest BCUT2D eigenvalue weighted by atomic mass is 14.7. The van der Waals surface area contributed by atoms with E-state index in [1.54, 1.807) is 0 Å². The van der Waals surface area contributed by atoms with Crippen LogP contribution in [0.25, 0.3) is 10.9 Å². The highest BCUT2D eigenvalue weighted by Crippen LogP contribution is 2.32. The number of benzene rings is 1. The van der Waals surface area contributed by atoms with Crippen molar-refractivity contribution in [3.05, 3.63) is 35.5 Å². The van der Waals surface area contributed by atoms with Crippen molar-refractivity contribution in [3.63, 3.8) is 0 Å². The van der Waals surface area contributed by atoms with Gasteiger partial charge in [-0.3, -0.25) is 4.98 Å². The second kappa shape index (κ2) is 3.48. The molecule has 0 saturated carbocycles. The van der Waals surface area contributed by atoms with Crippen LogP contribution in [0.1, 0.15) is 24.6 Å². The Bertz CT molecular complexity index is 546. The summed E-state index contributed by atoms with van der Waals surface area (Å²) in [6.07, 6.45) is 3.39. The highest BCUT2D eigenvalue weighted by molar-refractivity contribution is 5.92. The maximum atomic E-state index is 6.26. The van der Waals surface area contributed by atoms with Crippen LogP contribution in [0.2, 0.25) is 0 Å². The Morgan fingerprint density at radius 3 is 3.00 bits per heavy atom. The Morgan fingerprint density at radius 1 is 1.31 bits per heavy atom. The average Bonchev–Trinajstić information content (AvgIpc) is 2.31. The molecule has 0 saturated heterocycles. The molecule has 2 heteroatoms. The van der Waals surface area contributed by atoms with E-state index in [9.17, 15) is 0 Å². The molecule has 1 aromatic carbocycles. The topological polar surface area (TPSA) is 38.9 Å². The molecule has 0 bridgehead atoms. The monoisotopic (exact) mass is 212 g/mol. The van der Waals surface area contributed by atoms with Crippen LogP contribution in [-0.2, 0) is 12.8 Å². The molecule has 3 rings (SSSR count). The summed E-state index contributed by atoms with van der Waals surface area (Å²) in [5.74, 6) is 0.734. The smallest absolute Gasteiger partial charge is 0.0726 e. The van der Waals surface area contributed by atoms with Crippen LogP contribution in [0.15, 0.2) is 24.3 Å². The third-order valence-corrected chi connectivity index (χ3v) is 3.55. The van der Waals surface area contributed by atoms with Crippen molar-refractivity contribution in [3.8, 4) is 0 Å². The molecule has 1 atom stereocenters. The number of para-hydroxylation sites is 1. The van der Waals surface area contributed by atoms with Crippen LogP contribution in [0, 0.1) is 5.92 Å². The maximum absolute atomic E-state index is 6.26. The van der Waals surface area contributed by atoms with Crippen molar-refractivity contribution < 1.29 is 0 Å². The fraction of sp³-hybridized carbons (Fsp3) is 0.357. The summed E-state index contributed by atoms with van der Waals surface area (Å²) in [5, 5.41) is 1.11. The number of rotatable bonds is 0. The van der Waals surface area contributed by atoms with Crippen molar-refractivity contribution in [2.45, 2.75) is 26.2 Å². The minimum Gasteiger partial charge on any atom is -0.398 e. The van der Waals surface area contributed by atoms with Crippen LogP contribution in [0.4, 0.5) is 5.69 Å². The van der Waals surface area contributed by atoms with Crippen molar-refractivity contribution >= 4 is 16.6 Å². The minimum absolute atomic E-state index is 0.734. The summed E-state index contributed by atoms with van der Waals surface area (Å²) in [5.41, 5.74) is 10.8. The Morgan fingerprint density at radius 2 is 2.12 bits per heavy atom. The number of nitrogens with two attached hydrogens (primary N) is 1. The van der Waals surface area contributed by atoms with E-state index in [0.717, 1.165) is 35.3 Å². The third-order valence-electron chi connectivity index (χ3n) is 3.55. The quantitative estimate of drug-likeness (QED) is 0.729. The van der Waals surface area contributed by atoms with Crippen LogP contribution in [0.3, 0.4) is 0 Å². The van der Waals surface area contributed by atoms with Gasteiger partial charge in [0.2, 0.25) is 0 Å². The van der Waals surface area contributed by atoms with E-state index in [1.165, 1.54) is 17.7 Å². The lowest BCUT2D eigenvalue weighted by Gasteiger charge is -2.23. The summed E-state index contributed by atoms with van der Waals surface area (Å²) < 4.78 is 0. The number of aromatic nitrogens is 1. The first-order valence-electron chi connectivity index (χ1n) is 5.91. The summed E-state index contributed by atoms with van der Waals surface area (Å²) in [6, 6.07) is 8.16. The number of pyridine rings is 1. The van der Waals surface area contributed by atoms with E-state index in [-0.39, 0.29) is 0 Å². The van der Waals surface area contributed by atoms with E-state index >= 15 is 0 Å². The summed E-state index contributed by atoms with van der Waals surface area (Å²) >= 11 is 0. The lowest BCUT2D eigenvalue weighted by molar-refractivity contribution is 0.496. The predicted octanol–water partition coefficient (Wildman–Crippen LogP) is 2.94. The van der Waals surface area contributed by atoms with Crippen LogP contribution in [0.5, 0.6) is 0 Å². The SMILES string of the molecule is C[C@H]1CCc2nc3ccccc3c(N)c2C1. The van der Waals surface area contributed by atoms with Gasteiger partial charge in [-0.2, -0.15) is 0 Å². The molecule has 1 aliphatic rings. The van der Waals surface area contributed by atoms with Crippen LogP contribution >= 0.6 is 0 Å². The van der Waals surface area contributed by atoms with Crippen LogP contribution in [-0.4, -0.2) is 4.98 Å². The van der Waals surface area contributed by atoms with Crippen molar-refractivity contribution in [1.82, 2.24) is 4.98 Å². The summed E-state index contributed by atoms with van der Waals surface area (Å²) in [4.78, 5) is 4.73. The predicted molar refractivity (Wildman–Crippen MR) is 67.3 cm³/mol. The first-order valence-corrected chi connectivity index (χ1v) is 5.91. The molecule has 0 aliphatic heterocycles. The fourth-order valence-corrected chi connectivity index (χ4v) is 2.60. The van der Waals surface area contributed by atoms with Gasteiger partial charge in [-0.15, -0.1) is 0 Å². The largest absolute Gasteiger partial charge is 0.398 e. The molecule has 0 amide bonds. The maximum Gasteiger partial charge on any atom is 0.0726 e. The molecule has 2 aromatic rings. The molecular weight excluding hydrogens is 196 g/mol. The Hall–Kier alpha value is -1.57. The summed E-state index contributed by atoms with van der Waals surface area (Å²) in [7, 11) is 0. The van der Waals surface area contributed by atoms with E-state index in [1.807, 2.05) is 18.2 Å². The van der Waals surface area contributed by atoms with Gasteiger partial charge in [0.05, 0.1) is 5.52 Å². The van der Waals surface area contributed by atoms with E-state index in [2.05, 4.69) is 13.0 Å². The molecule has 82 valence electrons. The molecular formula is C14H16N2. The molecule has 0 radical (unpaired) electrons. The molecule has 16 heavy (non-hydrogen) atoms. The standard InChI is InChI=1S/C14H16N2/c1-9-6-7-13-11(8-9)14(15)10-4-2-3-5-12(10)16-13/h2-5,9H,6-8H2,1H3,(H2,15,16)/t9-/m0/s1. The first kappa shape index (κ1) is 9.64. The van der Waals surface area contributed by atoms with E-state index in [0.29, 0.717) is 0 Å². The van der Waals surface area contributed by atoms with Crippen molar-refractivity contribution in [2.75, 3.05) is 5.73 Å². The number of nitrogen functional groups attached to an aromatic ring is 1. The number of aryl methyl sites for hydroxylation is 1. The molecule has 0 fully saturated rings. The zero-order valence-corrected chi connectivity index (χ0v) is 9.53. The second-order valence-electron chi connectivity index (χ2n) is 4.82. The molecule has 0 unspecified atom stereocenters. The second-order valence-corrected chi connectivity index (χ2v) is 4.82. The van der Waals surface area contributed by atoms with Gasteiger partial charge in [0, 0.05) is 16.8 Å². The van der Waals surface area contributed by atoms with Gasteiger partial charge < -0.3 is 5.73 Å². The van der Waals surface area contributed by atoms with Gasteiger partial charge in [-0.1, -0.05) is 25.1 Å². The molecule has 2 nitrogen and oxygen atoms in total. The number of hydrogen-bond donors (Lipinski definition) is 1. The Labute approximate surface area is 95.5 Å². The normalized spacial score (nSPS) is 19.7. The van der Waals surface area contributed by atoms with Crippen molar-refractivity contribution in [1.29, 1.82) is 0 Å². The van der Waals surface area contributed by atoms with Gasteiger partial charge >= 0.3 is 0 Å². The molecule has 1 heterocycles. The van der Waals surface area contributed by atoms with Gasteiger partial charge in [-0.05, 0) is 36.8 Å². The van der Waals surface area contributed by atoms with Crippen molar-refractivity contribution in [2.24, 2.45) is 5.92 Å². The zero-order chi connectivity index (χ0) is 11.1. The first-order chi connectivity index (χ1) is 7.75. The zero-order valence-electron chi connectivity index (χ0n) is 9.53. The molecule has 1 aromatic heterocycles. The number of hydrogen-bond acceptors (Lipinski definition) is 2. The van der Waals surface area contributed by atoms with E-state index in [4.69, 9.17) is 10.7 Å². The van der Waals surface area contributed by atoms with E-state index < -0.39 is 0 Å². The third kappa shape index (κ3) is 1.37. The van der Waals surface area contributed by atoms with Gasteiger partial charge in [-0.25, -0.2) is 0 Å². The van der Waals surface area contributed by atoms with Gasteiger partial charge in [0.25, 0.3) is 0 Å². The summed E-state index contributed by atoms with van der Waals surface area (Å²) in [6.45, 7) is 2.29. The molecule has 2 N–H and O–H groups in total. The lowest BCUT2D eigenvalue weighted by Crippen LogP contribution is -2.15. The fourth-order valence-electron chi connectivity index (χ4n) is 2.60. The number of anilines is 1. The highest BCUT2D eigenvalue weighted by Gasteiger charge is 2.20. The molecule has 1 aliphatic carbocycles. The number of nitrogens with zero attached hydrogens (tertiary/aromatic N) is 1. The average molecular weight is 212 g/mol. The lowest BCUT2D eigenvalue weighted by atomic mass is 9.86. The Kier molecular flexibility index (Phi) is 2.10. The van der Waals surface area contributed by atoms with Gasteiger partial charge in [0.1, 0.15) is 0 Å².